The molecule has 17 heteroatoms. The molecule has 0 saturated carbocycles. The monoisotopic (exact) mass is 788 g/mol. The first-order valence-corrected chi connectivity index (χ1v) is 19.2. The molecule has 3 aromatic rings. The van der Waals surface area contributed by atoms with Crippen LogP contribution in [0.1, 0.15) is 61.6 Å². The lowest BCUT2D eigenvalue weighted by Gasteiger charge is -2.37. The highest BCUT2D eigenvalue weighted by Crippen LogP contribution is 2.23. The first kappa shape index (κ1) is 42.2. The van der Waals surface area contributed by atoms with Crippen LogP contribution < -0.4 is 32.3 Å². The van der Waals surface area contributed by atoms with Gasteiger partial charge in [0.1, 0.15) is 24.2 Å². The van der Waals surface area contributed by atoms with Crippen molar-refractivity contribution in [2.75, 3.05) is 26.8 Å². The van der Waals surface area contributed by atoms with Crippen LogP contribution in [0.3, 0.4) is 0 Å². The van der Waals surface area contributed by atoms with E-state index in [1.807, 2.05) is 55.5 Å². The number of primary amides is 1. The number of nitrogens with two attached hydrogens (primary N) is 1. The zero-order valence-corrected chi connectivity index (χ0v) is 32.3. The number of piperidine rings is 1. The molecule has 0 spiro atoms. The first-order valence-electron chi connectivity index (χ1n) is 19.2. The van der Waals surface area contributed by atoms with Crippen molar-refractivity contribution in [3.63, 3.8) is 0 Å². The standard InChI is InChI=1S/C40H52N8O9/c1-24-12-14-25(15-13-24)21-44-35(50)29(10-7-18-42-40(41)55)45-36(51)31(20-26-22-43-28-9-4-3-8-27(26)28)47-37(52)32-11-5-6-19-48(32)39(54)30(16-17-34(49)56-2)46-38(53)33-23-57-33/h3-4,8-9,12-15,22,29-33,43H,5-7,10-11,16-21,23H2,1-2H3,(H,44,50)(H,45,51)(H,46,53)(H,47,52)(H3,41,42,55)/t29-,30+,31-,32-,33?/m0/s1. The summed E-state index contributed by atoms with van der Waals surface area (Å²) in [6.45, 7) is 2.77. The number of carbonyl (C=O) groups is 7. The average Bonchev–Trinajstić information content (AvgIpc) is 4.00. The number of amides is 7. The molecule has 0 aliphatic carbocycles. The Kier molecular flexibility index (Phi) is 15.0. The molecule has 3 heterocycles. The topological polar surface area (TPSA) is 246 Å². The molecular weight excluding hydrogens is 736 g/mol. The number of benzene rings is 2. The van der Waals surface area contributed by atoms with Crippen LogP contribution in [0.2, 0.25) is 0 Å². The summed E-state index contributed by atoms with van der Waals surface area (Å²) >= 11 is 0. The van der Waals surface area contributed by atoms with Crippen LogP contribution in [0.25, 0.3) is 10.9 Å². The number of carbonyl (C=O) groups excluding carboxylic acids is 7. The van der Waals surface area contributed by atoms with Gasteiger partial charge in [-0.3, -0.25) is 28.8 Å². The van der Waals surface area contributed by atoms with E-state index in [-0.39, 0.29) is 51.9 Å². The van der Waals surface area contributed by atoms with Gasteiger partial charge < -0.3 is 51.7 Å². The SMILES string of the molecule is COC(=O)CC[C@@H](NC(=O)C1CO1)C(=O)N1CCCC[C@H]1C(=O)N[C@@H](Cc1c[nH]c2ccccc12)C(=O)N[C@@H](CCCNC(N)=O)C(=O)NCc1ccc(C)cc1. The number of ether oxygens (including phenoxy) is 2. The molecule has 1 unspecified atom stereocenters. The van der Waals surface area contributed by atoms with Crippen LogP contribution in [-0.4, -0.2) is 108 Å². The van der Waals surface area contributed by atoms with E-state index in [1.54, 1.807) is 6.20 Å². The zero-order chi connectivity index (χ0) is 40.9. The van der Waals surface area contributed by atoms with E-state index in [0.717, 1.165) is 27.6 Å². The summed E-state index contributed by atoms with van der Waals surface area (Å²) in [5.74, 6) is -3.27. The number of epoxide rings is 1. The molecule has 2 aliphatic heterocycles. The number of aryl methyl sites for hydroxylation is 1. The molecule has 17 nitrogen and oxygen atoms in total. The van der Waals surface area contributed by atoms with Gasteiger partial charge in [-0.2, -0.15) is 0 Å². The lowest BCUT2D eigenvalue weighted by Crippen LogP contribution is -2.61. The fourth-order valence-electron chi connectivity index (χ4n) is 6.83. The Hall–Kier alpha value is -5.97. The van der Waals surface area contributed by atoms with Gasteiger partial charge in [0.25, 0.3) is 5.91 Å². The smallest absolute Gasteiger partial charge is 0.312 e. The van der Waals surface area contributed by atoms with Crippen LogP contribution in [0.15, 0.2) is 54.7 Å². The Labute approximate surface area is 330 Å². The summed E-state index contributed by atoms with van der Waals surface area (Å²) in [5, 5.41) is 14.6. The molecule has 2 aromatic carbocycles. The lowest BCUT2D eigenvalue weighted by atomic mass is 9.97. The second-order valence-corrected chi connectivity index (χ2v) is 14.4. The molecule has 0 radical (unpaired) electrons. The van der Waals surface area contributed by atoms with Gasteiger partial charge in [-0.15, -0.1) is 0 Å². The largest absolute Gasteiger partial charge is 0.469 e. The van der Waals surface area contributed by atoms with Gasteiger partial charge in [-0.05, 0) is 62.6 Å². The van der Waals surface area contributed by atoms with Crippen molar-refractivity contribution in [1.82, 2.24) is 36.5 Å². The predicted molar refractivity (Wildman–Crippen MR) is 208 cm³/mol. The second kappa shape index (κ2) is 20.3. The normalized spacial score (nSPS) is 17.7. The van der Waals surface area contributed by atoms with E-state index in [2.05, 4.69) is 31.6 Å². The minimum absolute atomic E-state index is 0.0440. The number of likely N-dealkylation sites (tertiary alicyclic amines) is 1. The van der Waals surface area contributed by atoms with Gasteiger partial charge in [0, 0.05) is 49.6 Å². The summed E-state index contributed by atoms with van der Waals surface area (Å²) in [6, 6.07) is 10.1. The number of nitrogens with zero attached hydrogens (tertiary/aromatic N) is 1. The lowest BCUT2D eigenvalue weighted by molar-refractivity contribution is -0.147. The zero-order valence-electron chi connectivity index (χ0n) is 32.3. The number of fused-ring (bicyclic) bond motifs is 1. The number of aromatic amines is 1. The minimum Gasteiger partial charge on any atom is -0.469 e. The van der Waals surface area contributed by atoms with E-state index in [4.69, 9.17) is 15.2 Å². The number of para-hydroxylation sites is 1. The Balaban J connectivity index is 1.36. The molecule has 7 amide bonds. The number of aromatic nitrogens is 1. The van der Waals surface area contributed by atoms with Crippen LogP contribution >= 0.6 is 0 Å². The molecule has 2 aliphatic rings. The molecule has 1 aromatic heterocycles. The molecule has 5 atom stereocenters. The second-order valence-electron chi connectivity index (χ2n) is 14.4. The molecule has 2 saturated heterocycles. The Bertz CT molecular complexity index is 1910. The van der Waals surface area contributed by atoms with Crippen molar-refractivity contribution < 1.29 is 43.0 Å². The van der Waals surface area contributed by atoms with E-state index < -0.39 is 71.8 Å². The van der Waals surface area contributed by atoms with Crippen molar-refractivity contribution in [3.05, 3.63) is 71.4 Å². The number of esters is 1. The van der Waals surface area contributed by atoms with Gasteiger partial charge in [0.05, 0.1) is 13.7 Å². The average molecular weight is 789 g/mol. The number of rotatable bonds is 19. The van der Waals surface area contributed by atoms with Gasteiger partial charge in [0.2, 0.25) is 23.6 Å². The fourth-order valence-corrected chi connectivity index (χ4v) is 6.83. The third-order valence-corrected chi connectivity index (χ3v) is 10.1. The number of H-pyrrole nitrogens is 1. The molecule has 57 heavy (non-hydrogen) atoms. The number of hydrogen-bond acceptors (Lipinski definition) is 9. The number of urea groups is 1. The van der Waals surface area contributed by atoms with Crippen LogP contribution in [-0.2, 0) is 51.2 Å². The maximum Gasteiger partial charge on any atom is 0.312 e. The summed E-state index contributed by atoms with van der Waals surface area (Å²) in [5.41, 5.74) is 8.72. The fraction of sp³-hybridized carbons (Fsp3) is 0.475. The van der Waals surface area contributed by atoms with E-state index in [1.165, 1.54) is 12.0 Å². The summed E-state index contributed by atoms with van der Waals surface area (Å²) in [4.78, 5) is 96.8. The number of methoxy groups -OCH3 is 1. The highest BCUT2D eigenvalue weighted by Gasteiger charge is 2.40. The number of hydrogen-bond donors (Lipinski definition) is 7. The molecular formula is C40H52N8O9. The van der Waals surface area contributed by atoms with Gasteiger partial charge in [-0.1, -0.05) is 48.0 Å². The quantitative estimate of drug-likeness (QED) is 0.0519. The van der Waals surface area contributed by atoms with Crippen LogP contribution in [0.4, 0.5) is 4.79 Å². The van der Waals surface area contributed by atoms with Gasteiger partial charge in [0.15, 0.2) is 6.10 Å². The van der Waals surface area contributed by atoms with Crippen LogP contribution in [0, 0.1) is 6.92 Å². The van der Waals surface area contributed by atoms with Crippen molar-refractivity contribution >= 4 is 52.4 Å². The van der Waals surface area contributed by atoms with Crippen molar-refractivity contribution in [1.29, 1.82) is 0 Å². The molecule has 0 bridgehead atoms. The summed E-state index contributed by atoms with van der Waals surface area (Å²) in [6.07, 6.45) is 2.89. The molecule has 2 fully saturated rings. The summed E-state index contributed by atoms with van der Waals surface area (Å²) in [7, 11) is 1.23. The van der Waals surface area contributed by atoms with Crippen molar-refractivity contribution in [2.45, 2.75) is 95.1 Å². The maximum atomic E-state index is 14.3. The first-order chi connectivity index (χ1) is 27.4. The highest BCUT2D eigenvalue weighted by atomic mass is 16.6. The van der Waals surface area contributed by atoms with Crippen LogP contribution in [0.5, 0.6) is 0 Å². The van der Waals surface area contributed by atoms with E-state index >= 15 is 0 Å². The Morgan fingerprint density at radius 1 is 0.895 bits per heavy atom. The van der Waals surface area contributed by atoms with Gasteiger partial charge >= 0.3 is 12.0 Å². The molecule has 306 valence electrons. The summed E-state index contributed by atoms with van der Waals surface area (Å²) < 4.78 is 9.83. The third-order valence-electron chi connectivity index (χ3n) is 10.1. The van der Waals surface area contributed by atoms with Crippen molar-refractivity contribution in [3.8, 4) is 0 Å². The number of nitrogens with one attached hydrogen (secondary N) is 6. The van der Waals surface area contributed by atoms with E-state index in [0.29, 0.717) is 25.7 Å². The predicted octanol–water partition coefficient (Wildman–Crippen LogP) is 0.971. The Morgan fingerprint density at radius 2 is 1.63 bits per heavy atom. The maximum absolute atomic E-state index is 14.3. The van der Waals surface area contributed by atoms with E-state index in [9.17, 15) is 33.6 Å². The molecule has 5 rings (SSSR count). The van der Waals surface area contributed by atoms with Crippen molar-refractivity contribution in [2.24, 2.45) is 5.73 Å². The Morgan fingerprint density at radius 3 is 2.35 bits per heavy atom. The third kappa shape index (κ3) is 12.3. The van der Waals surface area contributed by atoms with Gasteiger partial charge in [-0.25, -0.2) is 4.79 Å². The minimum atomic E-state index is -1.19. The molecule has 8 N–H and O–H groups in total. The highest BCUT2D eigenvalue weighted by molar-refractivity contribution is 5.97.